The molecule has 0 aromatic heterocycles. The van der Waals surface area contributed by atoms with Gasteiger partial charge in [0.15, 0.2) is 24.4 Å². The Balaban J connectivity index is 2.95. The lowest BCUT2D eigenvalue weighted by Gasteiger charge is -2.31. The van der Waals surface area contributed by atoms with Crippen LogP contribution in [0.25, 0.3) is 0 Å². The molecule has 0 radical (unpaired) electrons. The average Bonchev–Trinajstić information content (AvgIpc) is 2.86. The highest BCUT2D eigenvalue weighted by Gasteiger charge is 2.43. The van der Waals surface area contributed by atoms with Crippen molar-refractivity contribution in [2.45, 2.75) is 106 Å². The minimum Gasteiger partial charge on any atom is -0.465 e. The second-order valence-electron chi connectivity index (χ2n) is 23.6. The number of rotatable bonds is 39. The van der Waals surface area contributed by atoms with E-state index in [0.29, 0.717) is 40.5 Å². The van der Waals surface area contributed by atoms with Crippen molar-refractivity contribution in [2.24, 2.45) is 16.2 Å². The molecule has 28 nitrogen and oxygen atoms in total. The molecule has 0 aliphatic rings. The van der Waals surface area contributed by atoms with Crippen LogP contribution in [0.4, 0.5) is 9.59 Å². The lowest BCUT2D eigenvalue weighted by molar-refractivity contribution is -0.890. The van der Waals surface area contributed by atoms with Crippen LogP contribution in [0.3, 0.4) is 0 Å². The highest BCUT2D eigenvalue weighted by atomic mass is 16.7. The average molecular weight is 1230 g/mol. The minimum absolute atomic E-state index is 0.0302. The van der Waals surface area contributed by atoms with Gasteiger partial charge in [0, 0.05) is 39.8 Å². The third kappa shape index (κ3) is 30.8. The summed E-state index contributed by atoms with van der Waals surface area (Å²) in [5, 5.41) is 0. The smallest absolute Gasteiger partial charge is 0.465 e. The van der Waals surface area contributed by atoms with E-state index in [2.05, 4.69) is 9.80 Å². The molecule has 28 heteroatoms. The Labute approximate surface area is 504 Å². The summed E-state index contributed by atoms with van der Waals surface area (Å²) in [5.74, 6) is -8.99. The van der Waals surface area contributed by atoms with E-state index in [9.17, 15) is 52.7 Å². The molecule has 6 unspecified atom stereocenters. The Morgan fingerprint density at radius 2 is 0.733 bits per heavy atom. The van der Waals surface area contributed by atoms with Crippen LogP contribution in [-0.2, 0) is 111 Å². The van der Waals surface area contributed by atoms with Gasteiger partial charge in [-0.05, 0) is 82.2 Å². The van der Waals surface area contributed by atoms with Crippen LogP contribution in [0.15, 0.2) is 30.3 Å². The molecule has 0 aliphatic carbocycles. The number of carbonyl (C=O) groups excluding carboxylic acids is 11. The van der Waals surface area contributed by atoms with E-state index in [1.165, 1.54) is 20.8 Å². The zero-order valence-corrected chi connectivity index (χ0v) is 53.3. The van der Waals surface area contributed by atoms with Gasteiger partial charge in [-0.1, -0.05) is 30.3 Å². The molecule has 0 N–H and O–H groups in total. The highest BCUT2D eigenvalue weighted by molar-refractivity contribution is 5.84. The molecule has 488 valence electrons. The van der Waals surface area contributed by atoms with Gasteiger partial charge in [0.25, 0.3) is 0 Å². The minimum atomic E-state index is -1.95. The summed E-state index contributed by atoms with van der Waals surface area (Å²) in [6.45, 7) is 11.2. The van der Waals surface area contributed by atoms with E-state index < -0.39 is 146 Å². The van der Waals surface area contributed by atoms with Crippen molar-refractivity contribution in [3.8, 4) is 0 Å². The molecule has 6 atom stereocenters. The lowest BCUT2D eigenvalue weighted by Crippen LogP contribution is -2.45. The summed E-state index contributed by atoms with van der Waals surface area (Å²) in [5.41, 5.74) is -4.73. The Bertz CT molecular complexity index is 2270. The van der Waals surface area contributed by atoms with Gasteiger partial charge < -0.3 is 80.3 Å². The van der Waals surface area contributed by atoms with Crippen LogP contribution >= 0.6 is 0 Å². The SMILES string of the molecule is CC(=O)OCC(C)(COC(=O)OC(C)C(=O)OC(C)C(=O)OCC(C)(COC(=O)C(C)OC(=O)C(C)OC(=O)OCC(C)(COC(C)=O)C(=O)OCCC[N+](C)(C)CCN(C)C)C(=O)OCc1ccccc1)C(=O)OCCC[N+](C)(C)CCN(C)C. The van der Waals surface area contributed by atoms with Crippen LogP contribution in [0.5, 0.6) is 0 Å². The van der Waals surface area contributed by atoms with Gasteiger partial charge in [0.05, 0.1) is 67.6 Å². The summed E-state index contributed by atoms with van der Waals surface area (Å²) in [6, 6.07) is 8.46. The molecular weight excluding hydrogens is 1140 g/mol. The fourth-order valence-corrected chi connectivity index (χ4v) is 6.95. The first-order valence-electron chi connectivity index (χ1n) is 28.0. The largest absolute Gasteiger partial charge is 0.509 e. The van der Waals surface area contributed by atoms with Gasteiger partial charge in [-0.15, -0.1) is 0 Å². The number of benzene rings is 1. The summed E-state index contributed by atoms with van der Waals surface area (Å²) in [6.07, 6.45) is -8.59. The molecule has 0 saturated heterocycles. The van der Waals surface area contributed by atoms with Gasteiger partial charge in [-0.3, -0.25) is 24.0 Å². The third-order valence-electron chi connectivity index (χ3n) is 13.0. The van der Waals surface area contributed by atoms with Crippen molar-refractivity contribution in [3.05, 3.63) is 35.9 Å². The maximum absolute atomic E-state index is 13.6. The first kappa shape index (κ1) is 76.8. The molecule has 0 saturated carbocycles. The van der Waals surface area contributed by atoms with Crippen LogP contribution in [-0.4, -0.2) is 258 Å². The molecular formula is C58H94N4O24+2. The zero-order valence-electron chi connectivity index (χ0n) is 53.3. The van der Waals surface area contributed by atoms with Crippen molar-refractivity contribution < 1.29 is 123 Å². The quantitative estimate of drug-likeness (QED) is 0.0396. The first-order chi connectivity index (χ1) is 39.8. The Morgan fingerprint density at radius 1 is 0.419 bits per heavy atom. The number of ether oxygens (including phenoxy) is 13. The molecule has 0 bridgehead atoms. The monoisotopic (exact) mass is 1230 g/mol. The summed E-state index contributed by atoms with van der Waals surface area (Å²) >= 11 is 0. The first-order valence-corrected chi connectivity index (χ1v) is 28.0. The van der Waals surface area contributed by atoms with Crippen molar-refractivity contribution in [2.75, 3.05) is 149 Å². The van der Waals surface area contributed by atoms with Crippen molar-refractivity contribution >= 4 is 66.0 Å². The Kier molecular flexibility index (Phi) is 32.8. The second-order valence-corrected chi connectivity index (χ2v) is 23.6. The Morgan fingerprint density at radius 3 is 1.07 bits per heavy atom. The fourth-order valence-electron chi connectivity index (χ4n) is 6.95. The number of quaternary nitrogens is 2. The van der Waals surface area contributed by atoms with E-state index in [-0.39, 0.29) is 19.8 Å². The summed E-state index contributed by atoms with van der Waals surface area (Å²) < 4.78 is 69.2. The number of esters is 9. The third-order valence-corrected chi connectivity index (χ3v) is 13.0. The lowest BCUT2D eigenvalue weighted by atomic mass is 9.93. The molecule has 1 aromatic carbocycles. The van der Waals surface area contributed by atoms with Crippen molar-refractivity contribution in [1.82, 2.24) is 9.80 Å². The molecule has 0 aliphatic heterocycles. The Hall–Kier alpha value is -7.17. The van der Waals surface area contributed by atoms with Gasteiger partial charge in [-0.2, -0.15) is 0 Å². The van der Waals surface area contributed by atoms with Crippen LogP contribution in [0.2, 0.25) is 0 Å². The second kappa shape index (κ2) is 36.7. The van der Waals surface area contributed by atoms with Crippen LogP contribution in [0.1, 0.15) is 80.7 Å². The molecule has 1 aromatic rings. The standard InChI is InChI=1S/C58H94N4O24/c1-40(83-49(67)42(3)85-54(72)81-38-56(7,34-77-44(5)63)51(69)74-31-21-27-61(14,15)29-25-59(10)11)47(65)79-36-58(9,53(71)76-33-46-23-19-18-20-24-46)37-80-48(66)41(2)84-50(68)43(4)86-55(73)82-39-57(8,35-78-45(6)64)52(70)75-32-22-28-62(16,17)30-26-60(12)13/h18-20,23-24,40-43H,21-22,25-39H2,1-17H3/q+2. The highest BCUT2D eigenvalue weighted by Crippen LogP contribution is 2.25. The van der Waals surface area contributed by atoms with Gasteiger partial charge >= 0.3 is 66.0 Å². The molecule has 0 fully saturated rings. The number of hydrogen-bond donors (Lipinski definition) is 0. The van der Waals surface area contributed by atoms with E-state index in [1.807, 2.05) is 56.4 Å². The molecule has 1 rings (SSSR count). The molecule has 0 amide bonds. The van der Waals surface area contributed by atoms with E-state index >= 15 is 0 Å². The predicted molar refractivity (Wildman–Crippen MR) is 303 cm³/mol. The number of hydrogen-bond acceptors (Lipinski definition) is 26. The van der Waals surface area contributed by atoms with Gasteiger partial charge in [0.2, 0.25) is 0 Å². The number of carbonyl (C=O) groups is 11. The maximum atomic E-state index is 13.6. The summed E-state index contributed by atoms with van der Waals surface area (Å²) in [4.78, 5) is 146. The maximum Gasteiger partial charge on any atom is 0.509 e. The zero-order chi connectivity index (χ0) is 65.6. The molecule has 0 heterocycles. The predicted octanol–water partition coefficient (Wildman–Crippen LogP) is 3.05. The van der Waals surface area contributed by atoms with Crippen LogP contribution in [0, 0.1) is 16.2 Å². The fraction of sp³-hybridized carbons (Fsp3) is 0.707. The van der Waals surface area contributed by atoms with Crippen LogP contribution < -0.4 is 0 Å². The summed E-state index contributed by atoms with van der Waals surface area (Å²) in [7, 11) is 16.1. The van der Waals surface area contributed by atoms with Gasteiger partial charge in [-0.25, -0.2) is 28.8 Å². The van der Waals surface area contributed by atoms with E-state index in [4.69, 9.17) is 61.6 Å². The normalized spacial score (nSPS) is 15.0. The van der Waals surface area contributed by atoms with E-state index in [0.717, 1.165) is 67.7 Å². The van der Waals surface area contributed by atoms with Crippen molar-refractivity contribution in [3.63, 3.8) is 0 Å². The number of likely N-dealkylation sites (N-methyl/N-ethyl adjacent to an activating group) is 4. The van der Waals surface area contributed by atoms with E-state index in [1.54, 1.807) is 30.3 Å². The molecule has 0 spiro atoms. The number of nitrogens with zero attached hydrogens (tertiary/aromatic N) is 4. The van der Waals surface area contributed by atoms with Crippen molar-refractivity contribution in [1.29, 1.82) is 0 Å². The topological polar surface area (TPSA) is 314 Å². The van der Waals surface area contributed by atoms with Gasteiger partial charge in [0.1, 0.15) is 62.5 Å². The molecule has 86 heavy (non-hydrogen) atoms.